The number of nitrogens with two attached hydrogens (primary N) is 1. The van der Waals surface area contributed by atoms with Crippen LogP contribution in [0, 0.1) is 0 Å². The van der Waals surface area contributed by atoms with E-state index < -0.39 is 5.91 Å². The number of aromatic nitrogens is 2. The summed E-state index contributed by atoms with van der Waals surface area (Å²) in [6.45, 7) is 2.10. The van der Waals surface area contributed by atoms with Crippen molar-refractivity contribution in [3.8, 4) is 11.4 Å². The van der Waals surface area contributed by atoms with Gasteiger partial charge in [-0.25, -0.2) is 0 Å². The van der Waals surface area contributed by atoms with E-state index in [0.29, 0.717) is 5.82 Å². The first-order valence-corrected chi connectivity index (χ1v) is 7.12. The van der Waals surface area contributed by atoms with E-state index in [-0.39, 0.29) is 5.89 Å². The molecule has 1 aliphatic rings. The largest absolute Gasteiger partial charge is 0.371 e. The molecule has 20 heavy (non-hydrogen) atoms. The number of carbonyl (C=O) groups is 1. The highest BCUT2D eigenvalue weighted by atomic mass is 79.9. The van der Waals surface area contributed by atoms with Crippen molar-refractivity contribution in [1.82, 2.24) is 10.1 Å². The fraction of sp³-hybridized carbons (Fsp3) is 0.308. The number of carbonyl (C=O) groups excluding carboxylic acids is 1. The van der Waals surface area contributed by atoms with Gasteiger partial charge < -0.3 is 15.2 Å². The summed E-state index contributed by atoms with van der Waals surface area (Å²) in [5, 5.41) is 3.79. The average molecular weight is 337 g/mol. The second-order valence-corrected chi connectivity index (χ2v) is 5.60. The summed E-state index contributed by atoms with van der Waals surface area (Å²) in [4.78, 5) is 17.3. The van der Waals surface area contributed by atoms with Crippen molar-refractivity contribution in [1.29, 1.82) is 0 Å². The van der Waals surface area contributed by atoms with Gasteiger partial charge in [-0.05, 0) is 31.0 Å². The van der Waals surface area contributed by atoms with Crippen LogP contribution in [0.5, 0.6) is 0 Å². The molecule has 3 rings (SSSR count). The van der Waals surface area contributed by atoms with Gasteiger partial charge in [0.05, 0.1) is 0 Å². The SMILES string of the molecule is NC(=O)c1nc(-c2cc(Br)cc(N3CCCC3)c2)no1. The third-order valence-electron chi connectivity index (χ3n) is 3.25. The normalized spacial score (nSPS) is 14.8. The van der Waals surface area contributed by atoms with Crippen molar-refractivity contribution in [2.75, 3.05) is 18.0 Å². The Kier molecular flexibility index (Phi) is 3.43. The monoisotopic (exact) mass is 336 g/mol. The quantitative estimate of drug-likeness (QED) is 0.928. The Morgan fingerprint density at radius 3 is 2.70 bits per heavy atom. The molecule has 104 valence electrons. The molecule has 1 fully saturated rings. The first-order chi connectivity index (χ1) is 9.63. The number of benzene rings is 1. The number of hydrogen-bond donors (Lipinski definition) is 1. The molecule has 0 saturated carbocycles. The second-order valence-electron chi connectivity index (χ2n) is 4.68. The van der Waals surface area contributed by atoms with E-state index in [1.54, 1.807) is 0 Å². The fourth-order valence-corrected chi connectivity index (χ4v) is 2.78. The lowest BCUT2D eigenvalue weighted by molar-refractivity contribution is 0.0958. The van der Waals surface area contributed by atoms with E-state index in [1.807, 2.05) is 12.1 Å². The molecule has 1 amide bonds. The van der Waals surface area contributed by atoms with Gasteiger partial charge in [0.15, 0.2) is 0 Å². The Balaban J connectivity index is 1.97. The standard InChI is InChI=1S/C13H13BrN4O2/c14-9-5-8(12-16-13(11(15)19)20-17-12)6-10(7-9)18-3-1-2-4-18/h5-7H,1-4H2,(H2,15,19). The molecule has 0 unspecified atom stereocenters. The molecule has 6 nitrogen and oxygen atoms in total. The van der Waals surface area contributed by atoms with Crippen LogP contribution >= 0.6 is 15.9 Å². The van der Waals surface area contributed by atoms with Gasteiger partial charge in [-0.1, -0.05) is 21.1 Å². The van der Waals surface area contributed by atoms with Crippen LogP contribution in [-0.2, 0) is 0 Å². The highest BCUT2D eigenvalue weighted by molar-refractivity contribution is 9.10. The van der Waals surface area contributed by atoms with E-state index in [2.05, 4.69) is 37.0 Å². The summed E-state index contributed by atoms with van der Waals surface area (Å²) in [5.41, 5.74) is 7.01. The van der Waals surface area contributed by atoms with Crippen molar-refractivity contribution in [2.45, 2.75) is 12.8 Å². The molecule has 0 spiro atoms. The Morgan fingerprint density at radius 2 is 2.05 bits per heavy atom. The van der Waals surface area contributed by atoms with Crippen molar-refractivity contribution in [2.24, 2.45) is 5.73 Å². The second kappa shape index (κ2) is 5.24. The minimum Gasteiger partial charge on any atom is -0.371 e. The van der Waals surface area contributed by atoms with E-state index in [0.717, 1.165) is 28.8 Å². The number of rotatable bonds is 3. The van der Waals surface area contributed by atoms with Gasteiger partial charge in [0.2, 0.25) is 5.82 Å². The summed E-state index contributed by atoms with van der Waals surface area (Å²) in [6, 6.07) is 5.94. The van der Waals surface area contributed by atoms with E-state index >= 15 is 0 Å². The van der Waals surface area contributed by atoms with Crippen LogP contribution in [0.3, 0.4) is 0 Å². The molecular formula is C13H13BrN4O2. The van der Waals surface area contributed by atoms with E-state index in [4.69, 9.17) is 10.3 Å². The predicted octanol–water partition coefficient (Wildman–Crippen LogP) is 2.20. The molecular weight excluding hydrogens is 324 g/mol. The Morgan fingerprint density at radius 1 is 1.30 bits per heavy atom. The lowest BCUT2D eigenvalue weighted by Crippen LogP contribution is -2.17. The Hall–Kier alpha value is -1.89. The summed E-state index contributed by atoms with van der Waals surface area (Å²) in [5.74, 6) is -0.540. The van der Waals surface area contributed by atoms with Gasteiger partial charge >= 0.3 is 11.8 Å². The molecule has 1 aliphatic heterocycles. The van der Waals surface area contributed by atoms with Gasteiger partial charge in [-0.2, -0.15) is 4.98 Å². The maximum absolute atomic E-state index is 11.0. The number of amides is 1. The van der Waals surface area contributed by atoms with Gasteiger partial charge in [-0.15, -0.1) is 0 Å². The van der Waals surface area contributed by atoms with Crippen LogP contribution < -0.4 is 10.6 Å². The molecule has 0 radical (unpaired) electrons. The fourth-order valence-electron chi connectivity index (χ4n) is 2.30. The maximum atomic E-state index is 11.0. The zero-order chi connectivity index (χ0) is 14.1. The lowest BCUT2D eigenvalue weighted by atomic mass is 10.2. The number of primary amides is 1. The van der Waals surface area contributed by atoms with E-state index in [1.165, 1.54) is 12.8 Å². The summed E-state index contributed by atoms with van der Waals surface area (Å²) in [7, 11) is 0. The predicted molar refractivity (Wildman–Crippen MR) is 77.4 cm³/mol. The highest BCUT2D eigenvalue weighted by Gasteiger charge is 2.17. The molecule has 1 aromatic heterocycles. The van der Waals surface area contributed by atoms with Gasteiger partial charge in [0.25, 0.3) is 0 Å². The van der Waals surface area contributed by atoms with Crippen LogP contribution in [0.4, 0.5) is 5.69 Å². The van der Waals surface area contributed by atoms with Crippen LogP contribution in [-0.4, -0.2) is 29.1 Å². The lowest BCUT2D eigenvalue weighted by Gasteiger charge is -2.18. The van der Waals surface area contributed by atoms with Crippen molar-refractivity contribution in [3.05, 3.63) is 28.6 Å². The topological polar surface area (TPSA) is 85.3 Å². The zero-order valence-corrected chi connectivity index (χ0v) is 12.3. The first-order valence-electron chi connectivity index (χ1n) is 6.33. The van der Waals surface area contributed by atoms with Crippen molar-refractivity contribution < 1.29 is 9.32 Å². The summed E-state index contributed by atoms with van der Waals surface area (Å²) in [6.07, 6.45) is 2.41. The van der Waals surface area contributed by atoms with Gasteiger partial charge in [-0.3, -0.25) is 4.79 Å². The molecule has 7 heteroatoms. The third-order valence-corrected chi connectivity index (χ3v) is 3.71. The van der Waals surface area contributed by atoms with Crippen LogP contribution in [0.15, 0.2) is 27.2 Å². The minimum absolute atomic E-state index is 0.178. The molecule has 0 atom stereocenters. The molecule has 0 bridgehead atoms. The van der Waals surface area contributed by atoms with Gasteiger partial charge in [0, 0.05) is 28.8 Å². The number of halogens is 1. The Labute approximate surface area is 124 Å². The summed E-state index contributed by atoms with van der Waals surface area (Å²) >= 11 is 3.49. The zero-order valence-electron chi connectivity index (χ0n) is 10.7. The van der Waals surface area contributed by atoms with Gasteiger partial charge in [0.1, 0.15) is 0 Å². The number of anilines is 1. The smallest absolute Gasteiger partial charge is 0.316 e. The molecule has 0 aliphatic carbocycles. The van der Waals surface area contributed by atoms with Crippen LogP contribution in [0.1, 0.15) is 23.5 Å². The highest BCUT2D eigenvalue weighted by Crippen LogP contribution is 2.29. The average Bonchev–Trinajstić information content (AvgIpc) is 3.10. The van der Waals surface area contributed by atoms with Crippen molar-refractivity contribution in [3.63, 3.8) is 0 Å². The number of hydrogen-bond acceptors (Lipinski definition) is 5. The van der Waals surface area contributed by atoms with Crippen LogP contribution in [0.25, 0.3) is 11.4 Å². The van der Waals surface area contributed by atoms with E-state index in [9.17, 15) is 4.79 Å². The molecule has 2 N–H and O–H groups in total. The molecule has 2 heterocycles. The number of nitrogens with zero attached hydrogens (tertiary/aromatic N) is 3. The Bertz CT molecular complexity index is 650. The molecule has 2 aromatic rings. The first kappa shape index (κ1) is 13.1. The summed E-state index contributed by atoms with van der Waals surface area (Å²) < 4.78 is 5.75. The maximum Gasteiger partial charge on any atom is 0.316 e. The van der Waals surface area contributed by atoms with Crippen LogP contribution in [0.2, 0.25) is 0 Å². The van der Waals surface area contributed by atoms with Crippen molar-refractivity contribution >= 4 is 27.5 Å². The molecule has 1 saturated heterocycles. The minimum atomic E-state index is -0.724. The third kappa shape index (κ3) is 2.53. The molecule has 1 aromatic carbocycles.